The molecule has 6 heteroatoms. The summed E-state index contributed by atoms with van der Waals surface area (Å²) in [6, 6.07) is 11.1. The molecule has 0 aliphatic heterocycles. The van der Waals surface area contributed by atoms with Crippen LogP contribution in [-0.4, -0.2) is 23.5 Å². The first-order valence-electron chi connectivity index (χ1n) is 7.82. The van der Waals surface area contributed by atoms with Crippen LogP contribution in [0.25, 0.3) is 0 Å². The molecule has 126 valence electrons. The molecule has 3 amide bonds. The minimum Gasteiger partial charge on any atom is -0.338 e. The largest absolute Gasteiger partial charge is 0.338 e. The van der Waals surface area contributed by atoms with Gasteiger partial charge in [-0.15, -0.1) is 0 Å². The number of hydrogen-bond donors (Lipinski definition) is 3. The number of nitrogens with one attached hydrogen (secondary N) is 3. The molecular weight excluding hydrogens is 304 g/mol. The summed E-state index contributed by atoms with van der Waals surface area (Å²) < 4.78 is 0. The van der Waals surface area contributed by atoms with Gasteiger partial charge in [-0.05, 0) is 42.7 Å². The van der Waals surface area contributed by atoms with E-state index in [1.165, 1.54) is 6.92 Å². The standard InChI is InChI=1S/C18H22N4O2/c1-13-6-7-15(11-20-13)8-9-19-18(24)21-12-16-4-3-5-17(10-16)22-14(2)23/h3-7,10-11H,8-9,12H2,1-2H3,(H,22,23)(H2,19,21,24). The zero-order chi connectivity index (χ0) is 17.4. The first-order chi connectivity index (χ1) is 11.5. The highest BCUT2D eigenvalue weighted by Gasteiger charge is 2.02. The second-order valence-corrected chi connectivity index (χ2v) is 5.55. The smallest absolute Gasteiger partial charge is 0.315 e. The fraction of sp³-hybridized carbons (Fsp3) is 0.278. The number of aromatic nitrogens is 1. The van der Waals surface area contributed by atoms with Gasteiger partial charge in [0, 0.05) is 37.6 Å². The van der Waals surface area contributed by atoms with E-state index in [1.807, 2.05) is 43.5 Å². The number of aryl methyl sites for hydroxylation is 1. The maximum Gasteiger partial charge on any atom is 0.315 e. The van der Waals surface area contributed by atoms with Gasteiger partial charge in [-0.2, -0.15) is 0 Å². The van der Waals surface area contributed by atoms with Crippen molar-refractivity contribution in [3.05, 3.63) is 59.4 Å². The van der Waals surface area contributed by atoms with Crippen LogP contribution >= 0.6 is 0 Å². The van der Waals surface area contributed by atoms with Gasteiger partial charge >= 0.3 is 6.03 Å². The van der Waals surface area contributed by atoms with E-state index in [0.717, 1.165) is 23.2 Å². The van der Waals surface area contributed by atoms with E-state index in [-0.39, 0.29) is 11.9 Å². The number of carbonyl (C=O) groups excluding carboxylic acids is 2. The second kappa shape index (κ2) is 8.67. The summed E-state index contributed by atoms with van der Waals surface area (Å²) in [4.78, 5) is 27.1. The van der Waals surface area contributed by atoms with Crippen LogP contribution in [0.3, 0.4) is 0 Å². The van der Waals surface area contributed by atoms with Crippen molar-refractivity contribution in [2.45, 2.75) is 26.8 Å². The maximum absolute atomic E-state index is 11.8. The average molecular weight is 326 g/mol. The molecule has 24 heavy (non-hydrogen) atoms. The molecule has 6 nitrogen and oxygen atoms in total. The first kappa shape index (κ1) is 17.5. The molecule has 0 spiro atoms. The molecule has 1 heterocycles. The van der Waals surface area contributed by atoms with Gasteiger partial charge in [0.25, 0.3) is 0 Å². The number of benzene rings is 1. The molecule has 0 atom stereocenters. The van der Waals surface area contributed by atoms with Crippen molar-refractivity contribution in [1.29, 1.82) is 0 Å². The van der Waals surface area contributed by atoms with E-state index in [2.05, 4.69) is 20.9 Å². The van der Waals surface area contributed by atoms with E-state index in [4.69, 9.17) is 0 Å². The van der Waals surface area contributed by atoms with Crippen molar-refractivity contribution in [2.24, 2.45) is 0 Å². The summed E-state index contributed by atoms with van der Waals surface area (Å²) in [6.45, 7) is 4.34. The van der Waals surface area contributed by atoms with E-state index in [0.29, 0.717) is 18.8 Å². The Morgan fingerprint density at radius 2 is 1.92 bits per heavy atom. The van der Waals surface area contributed by atoms with E-state index in [9.17, 15) is 9.59 Å². The number of amides is 3. The Bertz CT molecular complexity index is 698. The van der Waals surface area contributed by atoms with Crippen LogP contribution in [0.4, 0.5) is 10.5 Å². The van der Waals surface area contributed by atoms with Crippen LogP contribution in [0.1, 0.15) is 23.7 Å². The Balaban J connectivity index is 1.73. The molecule has 2 rings (SSSR count). The zero-order valence-electron chi connectivity index (χ0n) is 13.9. The van der Waals surface area contributed by atoms with Crippen molar-refractivity contribution in [3.63, 3.8) is 0 Å². The number of carbonyl (C=O) groups is 2. The van der Waals surface area contributed by atoms with Crippen molar-refractivity contribution >= 4 is 17.6 Å². The minimum atomic E-state index is -0.222. The molecule has 0 unspecified atom stereocenters. The third-order valence-electron chi connectivity index (χ3n) is 3.37. The summed E-state index contributed by atoms with van der Waals surface area (Å²) in [5.74, 6) is -0.122. The van der Waals surface area contributed by atoms with E-state index in [1.54, 1.807) is 6.07 Å². The molecule has 1 aromatic heterocycles. The Labute approximate surface area is 141 Å². The van der Waals surface area contributed by atoms with Crippen LogP contribution < -0.4 is 16.0 Å². The minimum absolute atomic E-state index is 0.122. The quantitative estimate of drug-likeness (QED) is 0.762. The lowest BCUT2D eigenvalue weighted by Gasteiger charge is -2.09. The number of anilines is 1. The highest BCUT2D eigenvalue weighted by molar-refractivity contribution is 5.88. The molecule has 3 N–H and O–H groups in total. The number of rotatable bonds is 6. The predicted molar refractivity (Wildman–Crippen MR) is 93.7 cm³/mol. The number of nitrogens with zero attached hydrogens (tertiary/aromatic N) is 1. The van der Waals surface area contributed by atoms with Crippen molar-refractivity contribution < 1.29 is 9.59 Å². The van der Waals surface area contributed by atoms with Crippen LogP contribution in [0.15, 0.2) is 42.6 Å². The Morgan fingerprint density at radius 1 is 1.08 bits per heavy atom. The summed E-state index contributed by atoms with van der Waals surface area (Å²) in [6.07, 6.45) is 2.56. The summed E-state index contributed by atoms with van der Waals surface area (Å²) >= 11 is 0. The van der Waals surface area contributed by atoms with Gasteiger partial charge in [-0.3, -0.25) is 9.78 Å². The number of hydrogen-bond acceptors (Lipinski definition) is 3. The van der Waals surface area contributed by atoms with Gasteiger partial charge in [0.2, 0.25) is 5.91 Å². The molecule has 0 bridgehead atoms. The van der Waals surface area contributed by atoms with Gasteiger partial charge in [0.1, 0.15) is 0 Å². The van der Waals surface area contributed by atoms with Crippen LogP contribution in [0.5, 0.6) is 0 Å². The lowest BCUT2D eigenvalue weighted by atomic mass is 10.2. The lowest BCUT2D eigenvalue weighted by molar-refractivity contribution is -0.114. The molecule has 0 aliphatic carbocycles. The zero-order valence-corrected chi connectivity index (χ0v) is 13.9. The summed E-state index contributed by atoms with van der Waals surface area (Å²) in [5, 5.41) is 8.33. The molecule has 0 saturated heterocycles. The van der Waals surface area contributed by atoms with Gasteiger partial charge in [0.15, 0.2) is 0 Å². The molecular formula is C18H22N4O2. The summed E-state index contributed by atoms with van der Waals surface area (Å²) in [7, 11) is 0. The van der Waals surface area contributed by atoms with Crippen LogP contribution in [0.2, 0.25) is 0 Å². The highest BCUT2D eigenvalue weighted by Crippen LogP contribution is 2.10. The molecule has 0 aliphatic rings. The predicted octanol–water partition coefficient (Wildman–Crippen LogP) is 2.39. The van der Waals surface area contributed by atoms with Crippen molar-refractivity contribution in [1.82, 2.24) is 15.6 Å². The van der Waals surface area contributed by atoms with Gasteiger partial charge in [-0.25, -0.2) is 4.79 Å². The van der Waals surface area contributed by atoms with E-state index < -0.39 is 0 Å². The number of urea groups is 1. The fourth-order valence-corrected chi connectivity index (χ4v) is 2.17. The normalized spacial score (nSPS) is 10.1. The fourth-order valence-electron chi connectivity index (χ4n) is 2.17. The topological polar surface area (TPSA) is 83.1 Å². The molecule has 1 aromatic carbocycles. The van der Waals surface area contributed by atoms with Crippen molar-refractivity contribution in [2.75, 3.05) is 11.9 Å². The third-order valence-corrected chi connectivity index (χ3v) is 3.37. The monoisotopic (exact) mass is 326 g/mol. The number of pyridine rings is 1. The van der Waals surface area contributed by atoms with Gasteiger partial charge in [-0.1, -0.05) is 18.2 Å². The van der Waals surface area contributed by atoms with Gasteiger partial charge in [0.05, 0.1) is 0 Å². The van der Waals surface area contributed by atoms with Gasteiger partial charge < -0.3 is 16.0 Å². The lowest BCUT2D eigenvalue weighted by Crippen LogP contribution is -2.36. The molecule has 0 fully saturated rings. The molecule has 0 radical (unpaired) electrons. The second-order valence-electron chi connectivity index (χ2n) is 5.55. The summed E-state index contributed by atoms with van der Waals surface area (Å²) in [5.41, 5.74) is 3.70. The average Bonchev–Trinajstić information content (AvgIpc) is 2.54. The van der Waals surface area contributed by atoms with Crippen LogP contribution in [-0.2, 0) is 17.8 Å². The van der Waals surface area contributed by atoms with Crippen LogP contribution in [0, 0.1) is 6.92 Å². The molecule has 0 saturated carbocycles. The maximum atomic E-state index is 11.8. The highest BCUT2D eigenvalue weighted by atomic mass is 16.2. The molecule has 2 aromatic rings. The SMILES string of the molecule is CC(=O)Nc1cccc(CNC(=O)NCCc2ccc(C)nc2)c1. The van der Waals surface area contributed by atoms with Crippen molar-refractivity contribution in [3.8, 4) is 0 Å². The Hall–Kier alpha value is -2.89. The Morgan fingerprint density at radius 3 is 2.62 bits per heavy atom. The Kier molecular flexibility index (Phi) is 6.31. The third kappa shape index (κ3) is 6.08. The first-order valence-corrected chi connectivity index (χ1v) is 7.82. The van der Waals surface area contributed by atoms with E-state index >= 15 is 0 Å².